The number of alkyl halides is 3. The van der Waals surface area contributed by atoms with E-state index >= 15 is 0 Å². The van der Waals surface area contributed by atoms with Gasteiger partial charge in [-0.25, -0.2) is 0 Å². The lowest BCUT2D eigenvalue weighted by Gasteiger charge is -2.12. The van der Waals surface area contributed by atoms with E-state index in [0.717, 1.165) is 12.1 Å². The van der Waals surface area contributed by atoms with Crippen molar-refractivity contribution >= 4 is 5.91 Å². The highest BCUT2D eigenvalue weighted by atomic mass is 19.4. The van der Waals surface area contributed by atoms with Gasteiger partial charge in [0, 0.05) is 6.61 Å². The van der Waals surface area contributed by atoms with Gasteiger partial charge in [-0.05, 0) is 43.3 Å². The number of benzene rings is 2. The van der Waals surface area contributed by atoms with E-state index in [1.807, 2.05) is 6.92 Å². The highest BCUT2D eigenvalue weighted by Gasteiger charge is 2.30. The smallest absolute Gasteiger partial charge is 0.416 e. The third kappa shape index (κ3) is 6.77. The lowest BCUT2D eigenvalue weighted by molar-refractivity contribution is -0.137. The first kappa shape index (κ1) is 21.6. The maximum Gasteiger partial charge on any atom is 0.416 e. The van der Waals surface area contributed by atoms with Crippen molar-refractivity contribution in [1.82, 2.24) is 5.32 Å². The Labute approximate surface area is 161 Å². The number of para-hydroxylation sites is 1. The average Bonchev–Trinajstić information content (AvgIpc) is 2.68. The first-order valence-corrected chi connectivity index (χ1v) is 8.79. The van der Waals surface area contributed by atoms with Crippen molar-refractivity contribution in [2.24, 2.45) is 0 Å². The van der Waals surface area contributed by atoms with Crippen LogP contribution in [0.25, 0.3) is 0 Å². The molecular formula is C20H22F3NO4. The summed E-state index contributed by atoms with van der Waals surface area (Å²) in [6.07, 6.45) is -4.38. The second-order valence-corrected chi connectivity index (χ2v) is 5.67. The molecule has 2 aromatic carbocycles. The van der Waals surface area contributed by atoms with Crippen molar-refractivity contribution in [3.05, 3.63) is 59.7 Å². The van der Waals surface area contributed by atoms with E-state index in [4.69, 9.17) is 14.2 Å². The number of rotatable bonds is 10. The monoisotopic (exact) mass is 397 g/mol. The third-order valence-electron chi connectivity index (χ3n) is 3.66. The van der Waals surface area contributed by atoms with E-state index in [1.54, 1.807) is 24.3 Å². The largest absolute Gasteiger partial charge is 0.492 e. The van der Waals surface area contributed by atoms with Crippen molar-refractivity contribution in [3.8, 4) is 11.5 Å². The van der Waals surface area contributed by atoms with Crippen LogP contribution in [0.5, 0.6) is 11.5 Å². The maximum absolute atomic E-state index is 12.5. The molecule has 152 valence electrons. The van der Waals surface area contributed by atoms with Gasteiger partial charge in [0.15, 0.2) is 0 Å². The second kappa shape index (κ2) is 10.6. The normalized spacial score (nSPS) is 11.1. The Balaban J connectivity index is 1.79. The summed E-state index contributed by atoms with van der Waals surface area (Å²) in [7, 11) is 0. The minimum Gasteiger partial charge on any atom is -0.492 e. The summed E-state index contributed by atoms with van der Waals surface area (Å²) in [5, 5.41) is 2.69. The van der Waals surface area contributed by atoms with Gasteiger partial charge in [-0.1, -0.05) is 12.1 Å². The molecule has 0 saturated heterocycles. The van der Waals surface area contributed by atoms with Crippen LogP contribution in [0.15, 0.2) is 48.5 Å². The molecular weight excluding hydrogens is 375 g/mol. The zero-order valence-corrected chi connectivity index (χ0v) is 15.4. The number of carbonyl (C=O) groups is 1. The Morgan fingerprint density at radius 3 is 2.36 bits per heavy atom. The van der Waals surface area contributed by atoms with Crippen LogP contribution in [0.3, 0.4) is 0 Å². The third-order valence-corrected chi connectivity index (χ3v) is 3.66. The SMILES string of the molecule is CCOCCOc1ccccc1C(=O)NCCOc1ccc(C(F)(F)F)cc1. The van der Waals surface area contributed by atoms with Crippen molar-refractivity contribution in [2.45, 2.75) is 13.1 Å². The molecule has 1 amide bonds. The molecule has 2 rings (SSSR count). The van der Waals surface area contributed by atoms with E-state index in [2.05, 4.69) is 5.32 Å². The molecule has 0 bridgehead atoms. The van der Waals surface area contributed by atoms with Crippen LogP contribution in [-0.4, -0.2) is 38.9 Å². The van der Waals surface area contributed by atoms with Gasteiger partial charge < -0.3 is 19.5 Å². The predicted molar refractivity (Wildman–Crippen MR) is 97.7 cm³/mol. The molecule has 8 heteroatoms. The number of nitrogens with one attached hydrogen (secondary N) is 1. The van der Waals surface area contributed by atoms with Crippen molar-refractivity contribution in [2.75, 3.05) is 33.0 Å². The molecule has 0 unspecified atom stereocenters. The van der Waals surface area contributed by atoms with Gasteiger partial charge in [0.1, 0.15) is 24.7 Å². The number of ether oxygens (including phenoxy) is 3. The summed E-state index contributed by atoms with van der Waals surface area (Å²) in [6.45, 7) is 3.53. The molecule has 0 radical (unpaired) electrons. The van der Waals surface area contributed by atoms with Gasteiger partial charge in [0.05, 0.1) is 24.3 Å². The molecule has 0 atom stereocenters. The quantitative estimate of drug-likeness (QED) is 0.618. The molecule has 0 aliphatic carbocycles. The van der Waals surface area contributed by atoms with Crippen LogP contribution in [0.2, 0.25) is 0 Å². The summed E-state index contributed by atoms with van der Waals surface area (Å²) in [6, 6.07) is 11.2. The number of hydrogen-bond donors (Lipinski definition) is 1. The standard InChI is InChI=1S/C20H22F3NO4/c1-2-26-13-14-28-18-6-4-3-5-17(18)19(25)24-11-12-27-16-9-7-15(8-10-16)20(21,22)23/h3-10H,2,11-14H2,1H3,(H,24,25). The van der Waals surface area contributed by atoms with Crippen molar-refractivity contribution in [1.29, 1.82) is 0 Å². The Hall–Kier alpha value is -2.74. The van der Waals surface area contributed by atoms with Crippen LogP contribution in [0.4, 0.5) is 13.2 Å². The fraction of sp³-hybridized carbons (Fsp3) is 0.350. The summed E-state index contributed by atoms with van der Waals surface area (Å²) >= 11 is 0. The van der Waals surface area contributed by atoms with E-state index in [1.165, 1.54) is 12.1 Å². The predicted octanol–water partition coefficient (Wildman–Crippen LogP) is 3.93. The average molecular weight is 397 g/mol. The summed E-state index contributed by atoms with van der Waals surface area (Å²) in [4.78, 5) is 12.3. The Morgan fingerprint density at radius 1 is 0.964 bits per heavy atom. The molecule has 5 nitrogen and oxygen atoms in total. The number of carbonyl (C=O) groups excluding carboxylic acids is 1. The van der Waals surface area contributed by atoms with Gasteiger partial charge in [-0.15, -0.1) is 0 Å². The second-order valence-electron chi connectivity index (χ2n) is 5.67. The fourth-order valence-corrected chi connectivity index (χ4v) is 2.30. The highest BCUT2D eigenvalue weighted by Crippen LogP contribution is 2.30. The van der Waals surface area contributed by atoms with E-state index in [-0.39, 0.29) is 19.1 Å². The lowest BCUT2D eigenvalue weighted by Crippen LogP contribution is -2.28. The molecule has 28 heavy (non-hydrogen) atoms. The van der Waals surface area contributed by atoms with Crippen molar-refractivity contribution < 1.29 is 32.2 Å². The molecule has 0 aromatic heterocycles. The summed E-state index contributed by atoms with van der Waals surface area (Å²) in [5.41, 5.74) is -0.359. The minimum absolute atomic E-state index is 0.116. The molecule has 0 aliphatic heterocycles. The molecule has 1 N–H and O–H groups in total. The van der Waals surface area contributed by atoms with E-state index in [0.29, 0.717) is 36.9 Å². The van der Waals surface area contributed by atoms with Crippen LogP contribution in [-0.2, 0) is 10.9 Å². The summed E-state index contributed by atoms with van der Waals surface area (Å²) in [5.74, 6) is 0.410. The maximum atomic E-state index is 12.5. The number of amides is 1. The van der Waals surface area contributed by atoms with E-state index < -0.39 is 11.7 Å². The molecule has 0 heterocycles. The first-order chi connectivity index (χ1) is 13.4. The first-order valence-electron chi connectivity index (χ1n) is 8.79. The highest BCUT2D eigenvalue weighted by molar-refractivity contribution is 5.96. The topological polar surface area (TPSA) is 56.8 Å². The van der Waals surface area contributed by atoms with Crippen LogP contribution >= 0.6 is 0 Å². The van der Waals surface area contributed by atoms with Crippen LogP contribution in [0.1, 0.15) is 22.8 Å². The van der Waals surface area contributed by atoms with Crippen LogP contribution < -0.4 is 14.8 Å². The Bertz CT molecular complexity index is 748. The zero-order chi connectivity index (χ0) is 20.4. The number of halogens is 3. The van der Waals surface area contributed by atoms with Gasteiger partial charge in [-0.3, -0.25) is 4.79 Å². The molecule has 2 aromatic rings. The molecule has 0 saturated carbocycles. The van der Waals surface area contributed by atoms with Crippen LogP contribution in [0, 0.1) is 0 Å². The molecule has 0 fully saturated rings. The van der Waals surface area contributed by atoms with Gasteiger partial charge in [-0.2, -0.15) is 13.2 Å². The number of hydrogen-bond acceptors (Lipinski definition) is 4. The van der Waals surface area contributed by atoms with Gasteiger partial charge in [0.25, 0.3) is 5.91 Å². The van der Waals surface area contributed by atoms with Crippen molar-refractivity contribution in [3.63, 3.8) is 0 Å². The minimum atomic E-state index is -4.38. The van der Waals surface area contributed by atoms with Gasteiger partial charge in [0.2, 0.25) is 0 Å². The van der Waals surface area contributed by atoms with Gasteiger partial charge >= 0.3 is 6.18 Å². The lowest BCUT2D eigenvalue weighted by atomic mass is 10.2. The fourth-order valence-electron chi connectivity index (χ4n) is 2.30. The summed E-state index contributed by atoms with van der Waals surface area (Å²) < 4.78 is 53.7. The Kier molecular flexibility index (Phi) is 8.13. The molecule has 0 spiro atoms. The molecule has 0 aliphatic rings. The Morgan fingerprint density at radius 2 is 1.68 bits per heavy atom. The van der Waals surface area contributed by atoms with E-state index in [9.17, 15) is 18.0 Å². The zero-order valence-electron chi connectivity index (χ0n) is 15.4.